The van der Waals surface area contributed by atoms with Crippen molar-refractivity contribution in [2.24, 2.45) is 0 Å². The highest BCUT2D eigenvalue weighted by molar-refractivity contribution is 6.46. The zero-order chi connectivity index (χ0) is 23.7. The fourth-order valence-electron chi connectivity index (χ4n) is 4.43. The van der Waals surface area contributed by atoms with Gasteiger partial charge in [0.05, 0.1) is 18.2 Å². The van der Waals surface area contributed by atoms with Crippen molar-refractivity contribution in [1.29, 1.82) is 0 Å². The van der Waals surface area contributed by atoms with Crippen molar-refractivity contribution in [3.8, 4) is 11.5 Å². The monoisotopic (exact) mass is 450 g/mol. The Morgan fingerprint density at radius 3 is 2.73 bits per heavy atom. The summed E-state index contributed by atoms with van der Waals surface area (Å²) in [6.45, 7) is 5.32. The van der Waals surface area contributed by atoms with Gasteiger partial charge in [-0.15, -0.1) is 0 Å². The van der Waals surface area contributed by atoms with Crippen molar-refractivity contribution in [3.63, 3.8) is 0 Å². The summed E-state index contributed by atoms with van der Waals surface area (Å²) in [7, 11) is 3.82. The average Bonchev–Trinajstić information content (AvgIpc) is 3.28. The van der Waals surface area contributed by atoms with Crippen LogP contribution in [0.1, 0.15) is 36.6 Å². The third-order valence-electron chi connectivity index (χ3n) is 5.98. The molecule has 0 saturated carbocycles. The number of aliphatic hydroxyl groups is 1. The van der Waals surface area contributed by atoms with E-state index in [1.54, 1.807) is 12.1 Å². The summed E-state index contributed by atoms with van der Waals surface area (Å²) >= 11 is 0. The number of ether oxygens (including phenoxy) is 2. The molecule has 2 atom stereocenters. The number of carbonyl (C=O) groups is 2. The predicted molar refractivity (Wildman–Crippen MR) is 125 cm³/mol. The Hall–Kier alpha value is -3.32. The second-order valence-electron chi connectivity index (χ2n) is 8.76. The summed E-state index contributed by atoms with van der Waals surface area (Å²) in [5.41, 5.74) is 2.30. The Balaban J connectivity index is 1.82. The van der Waals surface area contributed by atoms with Gasteiger partial charge in [-0.1, -0.05) is 12.1 Å². The Morgan fingerprint density at radius 2 is 2.00 bits per heavy atom. The molecule has 7 heteroatoms. The molecule has 1 saturated heterocycles. The van der Waals surface area contributed by atoms with E-state index in [0.717, 1.165) is 23.3 Å². The second-order valence-corrected chi connectivity index (χ2v) is 8.76. The summed E-state index contributed by atoms with van der Waals surface area (Å²) in [4.78, 5) is 29.7. The molecular weight excluding hydrogens is 420 g/mol. The van der Waals surface area contributed by atoms with Crippen molar-refractivity contribution in [3.05, 3.63) is 64.7 Å². The number of likely N-dealkylation sites (tertiary alicyclic amines) is 1. The van der Waals surface area contributed by atoms with Gasteiger partial charge in [-0.3, -0.25) is 9.59 Å². The Bertz CT molecular complexity index is 1110. The summed E-state index contributed by atoms with van der Waals surface area (Å²) in [6, 6.07) is 12.0. The third-order valence-corrected chi connectivity index (χ3v) is 5.98. The molecule has 2 aromatic rings. The van der Waals surface area contributed by atoms with Crippen LogP contribution in [0.4, 0.5) is 0 Å². The first-order valence-corrected chi connectivity index (χ1v) is 11.3. The molecule has 2 heterocycles. The van der Waals surface area contributed by atoms with Crippen LogP contribution >= 0.6 is 0 Å². The first-order valence-electron chi connectivity index (χ1n) is 11.3. The maximum atomic E-state index is 13.2. The molecule has 0 spiro atoms. The first kappa shape index (κ1) is 22.9. The standard InChI is InChI=1S/C26H30N2O5/c1-5-32-20-8-6-7-17(15-20)23-22(25(30)26(31)28(23)12-11-27(3)4)24(29)18-9-10-21-19(14-18)13-16(2)33-21/h6-10,14-16,23,29H,5,11-13H2,1-4H3/t16-,23-/m0/s1. The molecule has 2 aromatic carbocycles. The molecule has 1 amide bonds. The van der Waals surface area contributed by atoms with Gasteiger partial charge in [0, 0.05) is 25.1 Å². The van der Waals surface area contributed by atoms with Crippen molar-refractivity contribution in [1.82, 2.24) is 9.80 Å². The molecule has 0 radical (unpaired) electrons. The van der Waals surface area contributed by atoms with Gasteiger partial charge < -0.3 is 24.4 Å². The number of hydrogen-bond donors (Lipinski definition) is 1. The van der Waals surface area contributed by atoms with Crippen molar-refractivity contribution in [2.75, 3.05) is 33.8 Å². The summed E-state index contributed by atoms with van der Waals surface area (Å²) in [5.74, 6) is -0.0234. The van der Waals surface area contributed by atoms with E-state index in [1.807, 2.05) is 63.2 Å². The fourth-order valence-corrected chi connectivity index (χ4v) is 4.43. The van der Waals surface area contributed by atoms with Crippen LogP contribution in [0, 0.1) is 0 Å². The van der Waals surface area contributed by atoms with E-state index in [0.29, 0.717) is 31.0 Å². The quantitative estimate of drug-likeness (QED) is 0.396. The van der Waals surface area contributed by atoms with Gasteiger partial charge in [-0.25, -0.2) is 0 Å². The minimum absolute atomic E-state index is 0.0651. The third kappa shape index (κ3) is 4.46. The van der Waals surface area contributed by atoms with E-state index in [2.05, 4.69) is 0 Å². The van der Waals surface area contributed by atoms with E-state index in [1.165, 1.54) is 4.90 Å². The van der Waals surface area contributed by atoms with Crippen molar-refractivity contribution < 1.29 is 24.2 Å². The van der Waals surface area contributed by atoms with E-state index < -0.39 is 17.7 Å². The number of nitrogens with zero attached hydrogens (tertiary/aromatic N) is 2. The highest BCUT2D eigenvalue weighted by Gasteiger charge is 2.46. The number of carbonyl (C=O) groups excluding carboxylic acids is 2. The largest absolute Gasteiger partial charge is 0.507 e. The van der Waals surface area contributed by atoms with Gasteiger partial charge >= 0.3 is 0 Å². The first-order chi connectivity index (χ1) is 15.8. The Labute approximate surface area is 194 Å². The SMILES string of the molecule is CCOc1cccc([C@H]2C(=C(O)c3ccc4c(c3)C[C@H](C)O4)C(=O)C(=O)N2CCN(C)C)c1. The molecule has 0 aliphatic carbocycles. The lowest BCUT2D eigenvalue weighted by Gasteiger charge is -2.27. The number of amides is 1. The maximum Gasteiger partial charge on any atom is 0.295 e. The molecule has 0 aromatic heterocycles. The van der Waals surface area contributed by atoms with Gasteiger partial charge in [0.25, 0.3) is 11.7 Å². The zero-order valence-electron chi connectivity index (χ0n) is 19.5. The minimum atomic E-state index is -0.700. The molecule has 1 N–H and O–H groups in total. The van der Waals surface area contributed by atoms with Crippen LogP contribution in [0.5, 0.6) is 11.5 Å². The van der Waals surface area contributed by atoms with Crippen molar-refractivity contribution >= 4 is 17.4 Å². The van der Waals surface area contributed by atoms with E-state index >= 15 is 0 Å². The zero-order valence-corrected chi connectivity index (χ0v) is 19.5. The van der Waals surface area contributed by atoms with Crippen LogP contribution in [0.15, 0.2) is 48.0 Å². The topological polar surface area (TPSA) is 79.3 Å². The molecule has 0 bridgehead atoms. The van der Waals surface area contributed by atoms with Crippen molar-refractivity contribution in [2.45, 2.75) is 32.4 Å². The number of rotatable bonds is 7. The fraction of sp³-hybridized carbons (Fsp3) is 0.385. The Morgan fingerprint density at radius 1 is 1.21 bits per heavy atom. The number of ketones is 1. The number of likely N-dealkylation sites (N-methyl/N-ethyl adjacent to an activating group) is 1. The van der Waals surface area contributed by atoms with E-state index in [-0.39, 0.29) is 17.4 Å². The van der Waals surface area contributed by atoms with Crippen LogP contribution in [-0.4, -0.2) is 66.5 Å². The lowest BCUT2D eigenvalue weighted by Crippen LogP contribution is -2.35. The molecule has 33 heavy (non-hydrogen) atoms. The Kier molecular flexibility index (Phi) is 6.42. The van der Waals surface area contributed by atoms with Gasteiger partial charge in [-0.2, -0.15) is 0 Å². The second kappa shape index (κ2) is 9.27. The minimum Gasteiger partial charge on any atom is -0.507 e. The predicted octanol–water partition coefficient (Wildman–Crippen LogP) is 3.39. The van der Waals surface area contributed by atoms with Gasteiger partial charge in [-0.05, 0) is 69.4 Å². The van der Waals surface area contributed by atoms with Crippen LogP contribution in [-0.2, 0) is 16.0 Å². The molecule has 7 nitrogen and oxygen atoms in total. The summed E-state index contributed by atoms with van der Waals surface area (Å²) in [5, 5.41) is 11.3. The highest BCUT2D eigenvalue weighted by atomic mass is 16.5. The van der Waals surface area contributed by atoms with E-state index in [4.69, 9.17) is 9.47 Å². The molecular formula is C26H30N2O5. The van der Waals surface area contributed by atoms with Gasteiger partial charge in [0.15, 0.2) is 0 Å². The maximum absolute atomic E-state index is 13.2. The molecule has 0 unspecified atom stereocenters. The average molecular weight is 451 g/mol. The highest BCUT2D eigenvalue weighted by Crippen LogP contribution is 2.41. The molecule has 174 valence electrons. The number of aliphatic hydroxyl groups excluding tert-OH is 1. The molecule has 1 fully saturated rings. The van der Waals surface area contributed by atoms with Crippen LogP contribution < -0.4 is 9.47 Å². The van der Waals surface area contributed by atoms with E-state index in [9.17, 15) is 14.7 Å². The summed E-state index contributed by atoms with van der Waals surface area (Å²) < 4.78 is 11.4. The number of Topliss-reactive ketones (excluding diaryl/α,β-unsaturated/α-hetero) is 1. The lowest BCUT2D eigenvalue weighted by molar-refractivity contribution is -0.140. The number of hydrogen-bond acceptors (Lipinski definition) is 6. The normalized spacial score (nSPS) is 21.4. The molecule has 4 rings (SSSR count). The number of fused-ring (bicyclic) bond motifs is 1. The van der Waals surface area contributed by atoms with Crippen LogP contribution in [0.2, 0.25) is 0 Å². The van der Waals surface area contributed by atoms with Crippen LogP contribution in [0.25, 0.3) is 5.76 Å². The van der Waals surface area contributed by atoms with Crippen LogP contribution in [0.3, 0.4) is 0 Å². The number of benzene rings is 2. The molecule has 2 aliphatic heterocycles. The van der Waals surface area contributed by atoms with Gasteiger partial charge in [0.2, 0.25) is 0 Å². The van der Waals surface area contributed by atoms with Gasteiger partial charge in [0.1, 0.15) is 23.4 Å². The molecule has 2 aliphatic rings. The summed E-state index contributed by atoms with van der Waals surface area (Å²) in [6.07, 6.45) is 0.795. The smallest absolute Gasteiger partial charge is 0.295 e. The lowest BCUT2D eigenvalue weighted by atomic mass is 9.94.